The molecule has 0 spiro atoms. The Hall–Kier alpha value is -1.14. The summed E-state index contributed by atoms with van der Waals surface area (Å²) in [5.41, 5.74) is 0.140. The number of carbonyl (C=O) groups is 1. The van der Waals surface area contributed by atoms with Crippen LogP contribution in [0.4, 0.5) is 5.69 Å². The first-order valence-electron chi connectivity index (χ1n) is 6.75. The molecule has 1 aromatic rings. The molecular formula is C14H16BrClN2O3. The summed E-state index contributed by atoms with van der Waals surface area (Å²) in [6.45, 7) is 0.567. The third-order valence-corrected chi connectivity index (χ3v) is 5.33. The zero-order valence-corrected chi connectivity index (χ0v) is 13.7. The van der Waals surface area contributed by atoms with Gasteiger partial charge in [-0.2, -0.15) is 0 Å². The van der Waals surface area contributed by atoms with Crippen molar-refractivity contribution in [1.82, 2.24) is 5.32 Å². The first-order chi connectivity index (χ1) is 9.96. The van der Waals surface area contributed by atoms with Crippen LogP contribution >= 0.6 is 27.5 Å². The summed E-state index contributed by atoms with van der Waals surface area (Å²) >= 11 is 9.35. The number of rotatable bonds is 5. The van der Waals surface area contributed by atoms with E-state index < -0.39 is 4.92 Å². The highest BCUT2D eigenvalue weighted by molar-refractivity contribution is 9.09. The molecule has 1 N–H and O–H groups in total. The van der Waals surface area contributed by atoms with E-state index in [-0.39, 0.29) is 27.6 Å². The second-order valence-corrected chi connectivity index (χ2v) is 6.48. The first-order valence-corrected chi connectivity index (χ1v) is 8.25. The summed E-state index contributed by atoms with van der Waals surface area (Å²) in [4.78, 5) is 22.4. The lowest BCUT2D eigenvalue weighted by Crippen LogP contribution is -2.37. The summed E-state index contributed by atoms with van der Waals surface area (Å²) in [5.74, 6) is -0.326. The van der Waals surface area contributed by atoms with Crippen LogP contribution in [0.3, 0.4) is 0 Å². The first kappa shape index (κ1) is 16.2. The molecule has 5 nitrogen and oxygen atoms in total. The Bertz CT molecular complexity index is 559. The Kier molecular flexibility index (Phi) is 5.22. The van der Waals surface area contributed by atoms with Gasteiger partial charge in [0.05, 0.1) is 4.92 Å². The van der Waals surface area contributed by atoms with Crippen LogP contribution in [0.5, 0.6) is 0 Å². The molecule has 21 heavy (non-hydrogen) atoms. The van der Waals surface area contributed by atoms with Crippen LogP contribution in [0.15, 0.2) is 18.2 Å². The molecule has 0 heterocycles. The molecule has 7 heteroatoms. The van der Waals surface area contributed by atoms with Crippen LogP contribution in [0, 0.1) is 15.5 Å². The van der Waals surface area contributed by atoms with Gasteiger partial charge in [-0.25, -0.2) is 0 Å². The second-order valence-electron chi connectivity index (χ2n) is 5.48. The van der Waals surface area contributed by atoms with Gasteiger partial charge in [-0.1, -0.05) is 40.4 Å². The molecule has 0 bridgehead atoms. The Balaban J connectivity index is 2.08. The number of hydrogen-bond donors (Lipinski definition) is 1. The zero-order valence-electron chi connectivity index (χ0n) is 11.4. The quantitative estimate of drug-likeness (QED) is 0.481. The van der Waals surface area contributed by atoms with E-state index in [9.17, 15) is 14.9 Å². The number of amides is 1. The molecule has 1 aliphatic rings. The molecule has 1 fully saturated rings. The summed E-state index contributed by atoms with van der Waals surface area (Å²) in [6, 6.07) is 3.92. The SMILES string of the molecule is O=C(NCC1(CBr)CCCC1)c1cc(Cl)cc([N+](=O)[O-])c1. The normalized spacial score (nSPS) is 16.7. The number of nitrogens with zero attached hydrogens (tertiary/aromatic N) is 1. The minimum atomic E-state index is -0.556. The fourth-order valence-electron chi connectivity index (χ4n) is 2.66. The highest BCUT2D eigenvalue weighted by Gasteiger charge is 2.33. The van der Waals surface area contributed by atoms with E-state index in [1.165, 1.54) is 31.0 Å². The molecule has 1 aliphatic carbocycles. The third-order valence-electron chi connectivity index (χ3n) is 3.93. The average Bonchev–Trinajstić information content (AvgIpc) is 2.93. The lowest BCUT2D eigenvalue weighted by molar-refractivity contribution is -0.384. The van der Waals surface area contributed by atoms with E-state index in [1.807, 2.05) is 0 Å². The zero-order chi connectivity index (χ0) is 15.5. The van der Waals surface area contributed by atoms with E-state index in [1.54, 1.807) is 0 Å². The molecule has 1 amide bonds. The molecule has 0 radical (unpaired) electrons. The average molecular weight is 376 g/mol. The van der Waals surface area contributed by atoms with Crippen molar-refractivity contribution in [2.75, 3.05) is 11.9 Å². The Morgan fingerprint density at radius 2 is 2.05 bits per heavy atom. The summed E-state index contributed by atoms with van der Waals surface area (Å²) < 4.78 is 0. The molecule has 0 atom stereocenters. The third kappa shape index (κ3) is 3.95. The van der Waals surface area contributed by atoms with Gasteiger partial charge in [0.15, 0.2) is 0 Å². The van der Waals surface area contributed by atoms with Gasteiger partial charge in [0.25, 0.3) is 11.6 Å². The number of alkyl halides is 1. The minimum absolute atomic E-state index is 0.0974. The van der Waals surface area contributed by atoms with Crippen molar-refractivity contribution in [3.63, 3.8) is 0 Å². The van der Waals surface area contributed by atoms with Gasteiger partial charge in [0.1, 0.15) is 0 Å². The van der Waals surface area contributed by atoms with Gasteiger partial charge in [-0.05, 0) is 24.3 Å². The van der Waals surface area contributed by atoms with E-state index in [0.29, 0.717) is 6.54 Å². The molecule has 1 aromatic carbocycles. The predicted octanol–water partition coefficient (Wildman–Crippen LogP) is 3.93. The van der Waals surface area contributed by atoms with Crippen LogP contribution in [0.25, 0.3) is 0 Å². The molecule has 114 valence electrons. The predicted molar refractivity (Wildman–Crippen MR) is 85.1 cm³/mol. The van der Waals surface area contributed by atoms with Crippen molar-refractivity contribution in [3.8, 4) is 0 Å². The van der Waals surface area contributed by atoms with Crippen molar-refractivity contribution in [2.45, 2.75) is 25.7 Å². The monoisotopic (exact) mass is 374 g/mol. The van der Waals surface area contributed by atoms with Gasteiger partial charge >= 0.3 is 0 Å². The Labute approximate surface area is 136 Å². The van der Waals surface area contributed by atoms with Gasteiger partial charge in [0, 0.05) is 34.6 Å². The van der Waals surface area contributed by atoms with Crippen LogP contribution in [-0.4, -0.2) is 22.7 Å². The maximum absolute atomic E-state index is 12.2. The lowest BCUT2D eigenvalue weighted by atomic mass is 9.89. The minimum Gasteiger partial charge on any atom is -0.351 e. The molecule has 0 aromatic heterocycles. The molecule has 2 rings (SSSR count). The van der Waals surface area contributed by atoms with Crippen LogP contribution in [0.1, 0.15) is 36.0 Å². The number of benzene rings is 1. The molecule has 0 unspecified atom stereocenters. The van der Waals surface area contributed by atoms with Crippen LogP contribution in [-0.2, 0) is 0 Å². The smallest absolute Gasteiger partial charge is 0.271 e. The number of hydrogen-bond acceptors (Lipinski definition) is 3. The van der Waals surface area contributed by atoms with Gasteiger partial charge < -0.3 is 5.32 Å². The maximum Gasteiger partial charge on any atom is 0.271 e. The fraction of sp³-hybridized carbons (Fsp3) is 0.500. The topological polar surface area (TPSA) is 72.2 Å². The van der Waals surface area contributed by atoms with Crippen molar-refractivity contribution in [1.29, 1.82) is 0 Å². The molecular weight excluding hydrogens is 360 g/mol. The van der Waals surface area contributed by atoms with E-state index in [4.69, 9.17) is 11.6 Å². The van der Waals surface area contributed by atoms with Crippen molar-refractivity contribution >= 4 is 39.1 Å². The number of halogens is 2. The van der Waals surface area contributed by atoms with E-state index in [2.05, 4.69) is 21.2 Å². The molecule has 0 aliphatic heterocycles. The highest BCUT2D eigenvalue weighted by atomic mass is 79.9. The Morgan fingerprint density at radius 1 is 1.38 bits per heavy atom. The van der Waals surface area contributed by atoms with Gasteiger partial charge in [-0.3, -0.25) is 14.9 Å². The maximum atomic E-state index is 12.2. The molecule has 1 saturated carbocycles. The number of nitrogens with one attached hydrogen (secondary N) is 1. The number of non-ortho nitro benzene ring substituents is 1. The van der Waals surface area contributed by atoms with Crippen molar-refractivity contribution < 1.29 is 9.72 Å². The van der Waals surface area contributed by atoms with Gasteiger partial charge in [-0.15, -0.1) is 0 Å². The lowest BCUT2D eigenvalue weighted by Gasteiger charge is -2.26. The largest absolute Gasteiger partial charge is 0.351 e. The second kappa shape index (κ2) is 6.75. The fourth-order valence-corrected chi connectivity index (χ4v) is 3.65. The number of carbonyl (C=O) groups excluding carboxylic acids is 1. The van der Waals surface area contributed by atoms with Crippen molar-refractivity contribution in [2.24, 2.45) is 5.41 Å². The van der Waals surface area contributed by atoms with Crippen LogP contribution < -0.4 is 5.32 Å². The van der Waals surface area contributed by atoms with Crippen LogP contribution in [0.2, 0.25) is 5.02 Å². The summed E-state index contributed by atoms with van der Waals surface area (Å²) in [7, 11) is 0. The van der Waals surface area contributed by atoms with Gasteiger partial charge in [0.2, 0.25) is 0 Å². The Morgan fingerprint density at radius 3 is 2.62 bits per heavy atom. The molecule has 0 saturated heterocycles. The highest BCUT2D eigenvalue weighted by Crippen LogP contribution is 2.39. The summed E-state index contributed by atoms with van der Waals surface area (Å²) in [6.07, 6.45) is 4.50. The standard InChI is InChI=1S/C14H16BrClN2O3/c15-8-14(3-1-2-4-14)9-17-13(19)10-5-11(16)7-12(6-10)18(20)21/h5-7H,1-4,8-9H2,(H,17,19). The number of nitro benzene ring substituents is 1. The number of nitro groups is 1. The van der Waals surface area contributed by atoms with E-state index >= 15 is 0 Å². The van der Waals surface area contributed by atoms with E-state index in [0.717, 1.165) is 18.2 Å². The summed E-state index contributed by atoms with van der Waals surface area (Å²) in [5, 5.41) is 14.7. The van der Waals surface area contributed by atoms with Crippen molar-refractivity contribution in [3.05, 3.63) is 38.9 Å².